The molecule has 1 rings (SSSR count). The van der Waals surface area contributed by atoms with Gasteiger partial charge in [0.15, 0.2) is 0 Å². The first-order chi connectivity index (χ1) is 10.5. The lowest BCUT2D eigenvalue weighted by molar-refractivity contribution is -0.130. The fourth-order valence-corrected chi connectivity index (χ4v) is 2.07. The summed E-state index contributed by atoms with van der Waals surface area (Å²) in [7, 11) is 0. The second-order valence-corrected chi connectivity index (χ2v) is 4.81. The van der Waals surface area contributed by atoms with E-state index in [0.29, 0.717) is 38.0 Å². The molecule has 2 N–H and O–H groups in total. The van der Waals surface area contributed by atoms with Gasteiger partial charge in [-0.1, -0.05) is 6.07 Å². The molecule has 0 fully saturated rings. The second-order valence-electron chi connectivity index (χ2n) is 4.81. The summed E-state index contributed by atoms with van der Waals surface area (Å²) >= 11 is 0. The van der Waals surface area contributed by atoms with Crippen LogP contribution in [0.3, 0.4) is 0 Å². The van der Waals surface area contributed by atoms with Crippen molar-refractivity contribution in [3.05, 3.63) is 35.4 Å². The smallest absolute Gasteiger partial charge is 0.335 e. The standard InChI is InChI=1S/C16H22N2O4/c1-3-18(4-2)14(19)9-6-10-17-15(20)12-7-5-8-13(11-12)16(21)22/h5,7-8,11H,3-4,6,9-10H2,1-2H3,(H,17,20)(H,21,22). The Morgan fingerprint density at radius 2 is 1.77 bits per heavy atom. The normalized spacial score (nSPS) is 10.1. The third-order valence-electron chi connectivity index (χ3n) is 3.34. The molecule has 0 atom stereocenters. The molecule has 1 aromatic carbocycles. The van der Waals surface area contributed by atoms with Crippen molar-refractivity contribution in [2.75, 3.05) is 19.6 Å². The van der Waals surface area contributed by atoms with Gasteiger partial charge in [0.1, 0.15) is 0 Å². The average molecular weight is 306 g/mol. The molecular formula is C16H22N2O4. The van der Waals surface area contributed by atoms with Gasteiger partial charge in [-0.2, -0.15) is 0 Å². The first-order valence-corrected chi connectivity index (χ1v) is 7.38. The van der Waals surface area contributed by atoms with E-state index in [1.165, 1.54) is 18.2 Å². The maximum atomic E-state index is 11.9. The number of carbonyl (C=O) groups is 3. The van der Waals surface area contributed by atoms with E-state index in [9.17, 15) is 14.4 Å². The summed E-state index contributed by atoms with van der Waals surface area (Å²) in [6.45, 7) is 5.60. The Balaban J connectivity index is 2.42. The fourth-order valence-electron chi connectivity index (χ4n) is 2.07. The molecular weight excluding hydrogens is 284 g/mol. The largest absolute Gasteiger partial charge is 0.478 e. The molecule has 6 nitrogen and oxygen atoms in total. The zero-order chi connectivity index (χ0) is 16.5. The summed E-state index contributed by atoms with van der Waals surface area (Å²) in [5.41, 5.74) is 0.374. The van der Waals surface area contributed by atoms with Crippen LogP contribution in [0.15, 0.2) is 24.3 Å². The van der Waals surface area contributed by atoms with Gasteiger partial charge >= 0.3 is 5.97 Å². The van der Waals surface area contributed by atoms with E-state index < -0.39 is 5.97 Å². The van der Waals surface area contributed by atoms with Crippen LogP contribution in [0.2, 0.25) is 0 Å². The number of benzene rings is 1. The van der Waals surface area contributed by atoms with E-state index in [1.54, 1.807) is 11.0 Å². The molecule has 0 unspecified atom stereocenters. The van der Waals surface area contributed by atoms with Gasteiger partial charge < -0.3 is 15.3 Å². The molecule has 0 aliphatic heterocycles. The number of carbonyl (C=O) groups excluding carboxylic acids is 2. The molecule has 0 heterocycles. The van der Waals surface area contributed by atoms with Crippen molar-refractivity contribution in [1.29, 1.82) is 0 Å². The van der Waals surface area contributed by atoms with E-state index in [2.05, 4.69) is 5.32 Å². The van der Waals surface area contributed by atoms with Crippen molar-refractivity contribution < 1.29 is 19.5 Å². The fraction of sp³-hybridized carbons (Fsp3) is 0.438. The highest BCUT2D eigenvalue weighted by atomic mass is 16.4. The quantitative estimate of drug-likeness (QED) is 0.717. The molecule has 120 valence electrons. The molecule has 0 aliphatic carbocycles. The van der Waals surface area contributed by atoms with Gasteiger partial charge in [0.2, 0.25) is 5.91 Å². The average Bonchev–Trinajstić information content (AvgIpc) is 2.52. The molecule has 0 saturated carbocycles. The highest BCUT2D eigenvalue weighted by Gasteiger charge is 2.11. The van der Waals surface area contributed by atoms with Crippen LogP contribution in [0.1, 0.15) is 47.4 Å². The van der Waals surface area contributed by atoms with Crippen LogP contribution in [0.4, 0.5) is 0 Å². The molecule has 0 aliphatic rings. The molecule has 6 heteroatoms. The third-order valence-corrected chi connectivity index (χ3v) is 3.34. The lowest BCUT2D eigenvalue weighted by atomic mass is 10.1. The van der Waals surface area contributed by atoms with Crippen LogP contribution in [0.5, 0.6) is 0 Å². The minimum absolute atomic E-state index is 0.0735. The molecule has 22 heavy (non-hydrogen) atoms. The SMILES string of the molecule is CCN(CC)C(=O)CCCNC(=O)c1cccc(C(=O)O)c1. The summed E-state index contributed by atoms with van der Waals surface area (Å²) < 4.78 is 0. The van der Waals surface area contributed by atoms with Gasteiger partial charge in [0.25, 0.3) is 5.91 Å². The summed E-state index contributed by atoms with van der Waals surface area (Å²) in [5, 5.41) is 11.6. The maximum absolute atomic E-state index is 11.9. The van der Waals surface area contributed by atoms with Gasteiger partial charge in [-0.15, -0.1) is 0 Å². The van der Waals surface area contributed by atoms with E-state index >= 15 is 0 Å². The van der Waals surface area contributed by atoms with E-state index in [4.69, 9.17) is 5.11 Å². The van der Waals surface area contributed by atoms with Crippen molar-refractivity contribution in [1.82, 2.24) is 10.2 Å². The topological polar surface area (TPSA) is 86.7 Å². The molecule has 0 saturated heterocycles. The van der Waals surface area contributed by atoms with Crippen LogP contribution in [0, 0.1) is 0 Å². The number of amides is 2. The molecule has 1 aromatic rings. The molecule has 2 amide bonds. The highest BCUT2D eigenvalue weighted by molar-refractivity contribution is 5.97. The lowest BCUT2D eigenvalue weighted by Crippen LogP contribution is -2.31. The number of carboxylic acids is 1. The van der Waals surface area contributed by atoms with Gasteiger partial charge in [0, 0.05) is 31.6 Å². The molecule has 0 spiro atoms. The number of nitrogens with one attached hydrogen (secondary N) is 1. The van der Waals surface area contributed by atoms with Crippen LogP contribution in [0.25, 0.3) is 0 Å². The number of aromatic carboxylic acids is 1. The van der Waals surface area contributed by atoms with Gasteiger partial charge in [-0.05, 0) is 38.5 Å². The van der Waals surface area contributed by atoms with Crippen molar-refractivity contribution >= 4 is 17.8 Å². The van der Waals surface area contributed by atoms with Crippen molar-refractivity contribution in [2.45, 2.75) is 26.7 Å². The van der Waals surface area contributed by atoms with Crippen LogP contribution < -0.4 is 5.32 Å². The van der Waals surface area contributed by atoms with Crippen molar-refractivity contribution in [3.63, 3.8) is 0 Å². The summed E-state index contributed by atoms with van der Waals surface area (Å²) in [4.78, 5) is 36.3. The Hall–Kier alpha value is -2.37. The Labute approximate surface area is 130 Å². The first-order valence-electron chi connectivity index (χ1n) is 7.38. The summed E-state index contributed by atoms with van der Waals surface area (Å²) in [6.07, 6.45) is 0.941. The number of rotatable bonds is 8. The Kier molecular flexibility index (Phi) is 7.08. The minimum Gasteiger partial charge on any atom is -0.478 e. The summed E-state index contributed by atoms with van der Waals surface area (Å²) in [6, 6.07) is 5.85. The van der Waals surface area contributed by atoms with E-state index in [1.807, 2.05) is 13.8 Å². The van der Waals surface area contributed by atoms with Crippen molar-refractivity contribution in [2.24, 2.45) is 0 Å². The van der Waals surface area contributed by atoms with E-state index in [-0.39, 0.29) is 17.4 Å². The van der Waals surface area contributed by atoms with E-state index in [0.717, 1.165) is 0 Å². The highest BCUT2D eigenvalue weighted by Crippen LogP contribution is 2.05. The Bertz CT molecular complexity index is 539. The molecule has 0 radical (unpaired) electrons. The summed E-state index contributed by atoms with van der Waals surface area (Å²) in [5.74, 6) is -1.33. The number of hydrogen-bond donors (Lipinski definition) is 2. The van der Waals surface area contributed by atoms with Gasteiger partial charge in [0.05, 0.1) is 5.56 Å². The Morgan fingerprint density at radius 3 is 2.36 bits per heavy atom. The molecule has 0 aromatic heterocycles. The first kappa shape index (κ1) is 17.7. The second kappa shape index (κ2) is 8.81. The number of nitrogens with zero attached hydrogens (tertiary/aromatic N) is 1. The van der Waals surface area contributed by atoms with Crippen LogP contribution in [-0.2, 0) is 4.79 Å². The van der Waals surface area contributed by atoms with Gasteiger partial charge in [-0.25, -0.2) is 4.79 Å². The lowest BCUT2D eigenvalue weighted by Gasteiger charge is -2.18. The number of carboxylic acid groups (broad SMARTS) is 1. The van der Waals surface area contributed by atoms with Crippen LogP contribution in [-0.4, -0.2) is 47.4 Å². The van der Waals surface area contributed by atoms with Crippen LogP contribution >= 0.6 is 0 Å². The predicted octanol–water partition coefficient (Wildman–Crippen LogP) is 1.76. The van der Waals surface area contributed by atoms with Gasteiger partial charge in [-0.3, -0.25) is 9.59 Å². The molecule has 0 bridgehead atoms. The number of hydrogen-bond acceptors (Lipinski definition) is 3. The zero-order valence-electron chi connectivity index (χ0n) is 13.0. The third kappa shape index (κ3) is 5.20. The monoisotopic (exact) mass is 306 g/mol. The Morgan fingerprint density at radius 1 is 1.14 bits per heavy atom. The van der Waals surface area contributed by atoms with Crippen molar-refractivity contribution in [3.8, 4) is 0 Å². The maximum Gasteiger partial charge on any atom is 0.335 e. The predicted molar refractivity (Wildman–Crippen MR) is 82.9 cm³/mol. The zero-order valence-corrected chi connectivity index (χ0v) is 13.0. The minimum atomic E-state index is -1.07.